The lowest BCUT2D eigenvalue weighted by Crippen LogP contribution is -2.14. The second kappa shape index (κ2) is 5.77. The quantitative estimate of drug-likeness (QED) is 0.820. The van der Waals surface area contributed by atoms with Crippen molar-refractivity contribution in [3.63, 3.8) is 0 Å². The third-order valence-corrected chi connectivity index (χ3v) is 4.81. The molecule has 0 spiro atoms. The largest absolute Gasteiger partial charge is 0.278 e. The molecule has 0 amide bonds. The molecule has 2 aromatic carbocycles. The van der Waals surface area contributed by atoms with E-state index in [1.165, 1.54) is 24.3 Å². The van der Waals surface area contributed by atoms with Crippen LogP contribution in [-0.4, -0.2) is 8.42 Å². The molecule has 1 N–H and O–H groups in total. The summed E-state index contributed by atoms with van der Waals surface area (Å²) >= 11 is 17.4. The molecule has 0 radical (unpaired) electrons. The first kappa shape index (κ1) is 15.4. The van der Waals surface area contributed by atoms with E-state index in [4.69, 9.17) is 34.8 Å². The fraction of sp³-hybridized carbons (Fsp3) is 0. The standard InChI is InChI=1S/C12H7Cl3FNO2S/c13-7-5-9(15)11(6-8(7)14)17-20(18,19)12-4-2-1-3-10(12)16/h1-6,17H. The van der Waals surface area contributed by atoms with Crippen LogP contribution in [0.4, 0.5) is 10.1 Å². The lowest BCUT2D eigenvalue weighted by Gasteiger charge is -2.11. The van der Waals surface area contributed by atoms with Gasteiger partial charge in [0.2, 0.25) is 0 Å². The molecule has 0 saturated carbocycles. The minimum absolute atomic E-state index is 0.0179. The number of hydrogen-bond acceptors (Lipinski definition) is 2. The van der Waals surface area contributed by atoms with Crippen molar-refractivity contribution >= 4 is 50.5 Å². The molecule has 0 fully saturated rings. The van der Waals surface area contributed by atoms with Gasteiger partial charge in [-0.1, -0.05) is 46.9 Å². The molecule has 8 heteroatoms. The molecule has 0 aliphatic rings. The van der Waals surface area contributed by atoms with Crippen molar-refractivity contribution in [1.29, 1.82) is 0 Å². The summed E-state index contributed by atoms with van der Waals surface area (Å²) in [5.74, 6) is -0.865. The average Bonchev–Trinajstić information content (AvgIpc) is 2.36. The summed E-state index contributed by atoms with van der Waals surface area (Å²) in [5, 5.41) is 0.368. The van der Waals surface area contributed by atoms with Gasteiger partial charge in [0.15, 0.2) is 0 Å². The highest BCUT2D eigenvalue weighted by molar-refractivity contribution is 7.92. The first-order chi connectivity index (χ1) is 9.31. The van der Waals surface area contributed by atoms with Crippen molar-refractivity contribution < 1.29 is 12.8 Å². The van der Waals surface area contributed by atoms with E-state index in [1.807, 2.05) is 0 Å². The van der Waals surface area contributed by atoms with Crippen LogP contribution >= 0.6 is 34.8 Å². The van der Waals surface area contributed by atoms with Crippen molar-refractivity contribution in [2.75, 3.05) is 4.72 Å². The Morgan fingerprint density at radius 1 is 0.950 bits per heavy atom. The minimum atomic E-state index is -4.11. The summed E-state index contributed by atoms with van der Waals surface area (Å²) in [6.07, 6.45) is 0. The predicted molar refractivity (Wildman–Crippen MR) is 78.7 cm³/mol. The van der Waals surface area contributed by atoms with E-state index in [2.05, 4.69) is 4.72 Å². The SMILES string of the molecule is O=S(=O)(Nc1cc(Cl)c(Cl)cc1Cl)c1ccccc1F. The number of benzene rings is 2. The third kappa shape index (κ3) is 3.17. The van der Waals surface area contributed by atoms with Crippen LogP contribution in [0, 0.1) is 5.82 Å². The van der Waals surface area contributed by atoms with Crippen LogP contribution in [0.2, 0.25) is 15.1 Å². The predicted octanol–water partition coefficient (Wildman–Crippen LogP) is 4.59. The van der Waals surface area contributed by atoms with Gasteiger partial charge >= 0.3 is 0 Å². The molecule has 3 nitrogen and oxygen atoms in total. The summed E-state index contributed by atoms with van der Waals surface area (Å²) in [7, 11) is -4.11. The Morgan fingerprint density at radius 3 is 2.20 bits per heavy atom. The second-order valence-electron chi connectivity index (χ2n) is 3.78. The maximum atomic E-state index is 13.5. The molecule has 20 heavy (non-hydrogen) atoms. The number of halogens is 4. The molecule has 0 bridgehead atoms. The highest BCUT2D eigenvalue weighted by Crippen LogP contribution is 2.33. The zero-order valence-corrected chi connectivity index (χ0v) is 12.8. The van der Waals surface area contributed by atoms with Gasteiger partial charge in [-0.3, -0.25) is 4.72 Å². The maximum absolute atomic E-state index is 13.5. The molecule has 106 valence electrons. The number of anilines is 1. The highest BCUT2D eigenvalue weighted by atomic mass is 35.5. The van der Waals surface area contributed by atoms with Gasteiger partial charge in [0, 0.05) is 0 Å². The summed E-state index contributed by atoms with van der Waals surface area (Å²) in [6, 6.07) is 7.54. The Labute approximate surface area is 130 Å². The van der Waals surface area contributed by atoms with E-state index in [9.17, 15) is 12.8 Å². The molecular weight excluding hydrogens is 348 g/mol. The zero-order chi connectivity index (χ0) is 14.9. The molecule has 0 unspecified atom stereocenters. The van der Waals surface area contributed by atoms with E-state index in [0.29, 0.717) is 0 Å². The van der Waals surface area contributed by atoms with Gasteiger partial charge in [-0.25, -0.2) is 12.8 Å². The monoisotopic (exact) mass is 353 g/mol. The number of nitrogens with one attached hydrogen (secondary N) is 1. The van der Waals surface area contributed by atoms with Crippen LogP contribution in [0.25, 0.3) is 0 Å². The Hall–Kier alpha value is -1.01. The van der Waals surface area contributed by atoms with Crippen LogP contribution in [0.5, 0.6) is 0 Å². The Bertz CT molecular complexity index is 765. The molecule has 2 rings (SSSR count). The lowest BCUT2D eigenvalue weighted by atomic mass is 10.3. The summed E-state index contributed by atoms with van der Waals surface area (Å²) < 4.78 is 39.9. The van der Waals surface area contributed by atoms with E-state index in [1.54, 1.807) is 0 Å². The first-order valence-electron chi connectivity index (χ1n) is 5.23. The van der Waals surface area contributed by atoms with E-state index >= 15 is 0 Å². The Kier molecular flexibility index (Phi) is 4.44. The van der Waals surface area contributed by atoms with Crippen molar-refractivity contribution in [3.05, 3.63) is 57.3 Å². The molecule has 0 atom stereocenters. The Morgan fingerprint density at radius 2 is 1.55 bits per heavy atom. The molecule has 0 heterocycles. The number of sulfonamides is 1. The molecule has 0 aliphatic heterocycles. The van der Waals surface area contributed by atoms with Crippen molar-refractivity contribution in [1.82, 2.24) is 0 Å². The van der Waals surface area contributed by atoms with E-state index in [-0.39, 0.29) is 20.8 Å². The van der Waals surface area contributed by atoms with Crippen LogP contribution in [0.3, 0.4) is 0 Å². The van der Waals surface area contributed by atoms with Gasteiger partial charge in [0.25, 0.3) is 10.0 Å². The molecular formula is C12H7Cl3FNO2S. The third-order valence-electron chi connectivity index (χ3n) is 2.38. The fourth-order valence-electron chi connectivity index (χ4n) is 1.46. The highest BCUT2D eigenvalue weighted by Gasteiger charge is 2.20. The summed E-state index contributed by atoms with van der Waals surface area (Å²) in [6.45, 7) is 0. The maximum Gasteiger partial charge on any atom is 0.264 e. The van der Waals surface area contributed by atoms with Crippen LogP contribution in [0.1, 0.15) is 0 Å². The van der Waals surface area contributed by atoms with Crippen molar-refractivity contribution in [2.45, 2.75) is 4.90 Å². The number of hydrogen-bond donors (Lipinski definition) is 1. The zero-order valence-electron chi connectivity index (χ0n) is 9.70. The smallest absolute Gasteiger partial charge is 0.264 e. The molecule has 0 aromatic heterocycles. The lowest BCUT2D eigenvalue weighted by molar-refractivity contribution is 0.570. The molecule has 0 aliphatic carbocycles. The van der Waals surface area contributed by atoms with Gasteiger partial charge in [0.1, 0.15) is 10.7 Å². The van der Waals surface area contributed by atoms with Crippen LogP contribution < -0.4 is 4.72 Å². The van der Waals surface area contributed by atoms with Gasteiger partial charge < -0.3 is 0 Å². The minimum Gasteiger partial charge on any atom is -0.278 e. The van der Waals surface area contributed by atoms with E-state index < -0.39 is 20.7 Å². The number of rotatable bonds is 3. The summed E-state index contributed by atoms with van der Waals surface area (Å²) in [4.78, 5) is -0.484. The second-order valence-corrected chi connectivity index (χ2v) is 6.65. The topological polar surface area (TPSA) is 46.2 Å². The first-order valence-corrected chi connectivity index (χ1v) is 7.85. The van der Waals surface area contributed by atoms with Crippen molar-refractivity contribution in [3.8, 4) is 0 Å². The van der Waals surface area contributed by atoms with Gasteiger partial charge in [-0.15, -0.1) is 0 Å². The van der Waals surface area contributed by atoms with Crippen molar-refractivity contribution in [2.24, 2.45) is 0 Å². The Balaban J connectivity index is 2.44. The molecule has 2 aromatic rings. The fourth-order valence-corrected chi connectivity index (χ4v) is 3.26. The van der Waals surface area contributed by atoms with Gasteiger partial charge in [-0.2, -0.15) is 0 Å². The van der Waals surface area contributed by atoms with Crippen LogP contribution in [-0.2, 0) is 10.0 Å². The van der Waals surface area contributed by atoms with E-state index in [0.717, 1.165) is 12.1 Å². The van der Waals surface area contributed by atoms with Gasteiger partial charge in [0.05, 0.1) is 20.8 Å². The molecule has 0 saturated heterocycles. The summed E-state index contributed by atoms with van der Waals surface area (Å²) in [5.41, 5.74) is 0.0179. The average molecular weight is 355 g/mol. The van der Waals surface area contributed by atoms with Gasteiger partial charge in [-0.05, 0) is 24.3 Å². The normalized spacial score (nSPS) is 11.4. The van der Waals surface area contributed by atoms with Crippen LogP contribution in [0.15, 0.2) is 41.3 Å².